The van der Waals surface area contributed by atoms with E-state index in [9.17, 15) is 44.3 Å². The summed E-state index contributed by atoms with van der Waals surface area (Å²) in [5, 5.41) is 0. The molecule has 0 saturated carbocycles. The van der Waals surface area contributed by atoms with Gasteiger partial charge in [0.25, 0.3) is 0 Å². The molecule has 0 unspecified atom stereocenters. The average molecular weight is 336 g/mol. The van der Waals surface area contributed by atoms with Crippen LogP contribution in [0.3, 0.4) is 0 Å². The van der Waals surface area contributed by atoms with Gasteiger partial charge in [-0.1, -0.05) is 0 Å². The molecule has 0 rings (SSSR count). The van der Waals surface area contributed by atoms with Gasteiger partial charge in [0.2, 0.25) is 0 Å². The van der Waals surface area contributed by atoms with E-state index in [-0.39, 0.29) is 6.92 Å². The Bertz CT molecular complexity index is 332. The van der Waals surface area contributed by atoms with Crippen LogP contribution in [0.1, 0.15) is 13.8 Å². The Morgan fingerprint density at radius 1 is 0.905 bits per heavy atom. The van der Waals surface area contributed by atoms with Gasteiger partial charge in [0, 0.05) is 0 Å². The van der Waals surface area contributed by atoms with Crippen LogP contribution < -0.4 is 0 Å². The largest absolute Gasteiger partial charge is 0.464 e. The first-order valence-corrected chi connectivity index (χ1v) is 5.16. The zero-order valence-corrected chi connectivity index (χ0v) is 10.4. The number of esters is 1. The van der Waals surface area contributed by atoms with E-state index in [2.05, 4.69) is 9.47 Å². The van der Waals surface area contributed by atoms with Crippen molar-refractivity contribution >= 4 is 5.97 Å². The van der Waals surface area contributed by atoms with Crippen molar-refractivity contribution in [3.63, 3.8) is 0 Å². The van der Waals surface area contributed by atoms with Crippen molar-refractivity contribution in [3.8, 4) is 0 Å². The highest BCUT2D eigenvalue weighted by molar-refractivity contribution is 5.74. The minimum atomic E-state index is -6.88. The number of rotatable bonds is 4. The molecule has 0 amide bonds. The second kappa shape index (κ2) is 5.89. The highest BCUT2D eigenvalue weighted by Crippen LogP contribution is 2.55. The van der Waals surface area contributed by atoms with E-state index in [1.54, 1.807) is 0 Å². The van der Waals surface area contributed by atoms with Crippen molar-refractivity contribution in [3.05, 3.63) is 0 Å². The molecule has 0 heterocycles. The molecule has 0 aromatic heterocycles. The number of hydrogen-bond donors (Lipinski definition) is 0. The van der Waals surface area contributed by atoms with Gasteiger partial charge in [0.1, 0.15) is 0 Å². The number of alkyl halides is 9. The van der Waals surface area contributed by atoms with E-state index in [0.29, 0.717) is 0 Å². The molecule has 12 heteroatoms. The first-order valence-electron chi connectivity index (χ1n) is 5.16. The normalized spacial score (nSPS) is 15.8. The summed E-state index contributed by atoms with van der Waals surface area (Å²) in [7, 11) is 0. The summed E-state index contributed by atoms with van der Waals surface area (Å²) in [4.78, 5) is 11.0. The summed E-state index contributed by atoms with van der Waals surface area (Å²) in [5.41, 5.74) is -6.49. The topological polar surface area (TPSA) is 35.5 Å². The van der Waals surface area contributed by atoms with Crippen LogP contribution in [-0.2, 0) is 14.3 Å². The van der Waals surface area contributed by atoms with E-state index in [1.165, 1.54) is 0 Å². The van der Waals surface area contributed by atoms with Crippen LogP contribution in [0.5, 0.6) is 0 Å². The van der Waals surface area contributed by atoms with E-state index >= 15 is 0 Å². The summed E-state index contributed by atoms with van der Waals surface area (Å²) in [6, 6.07) is 0. The molecular formula is C9H9F9O3. The van der Waals surface area contributed by atoms with Gasteiger partial charge in [-0.3, -0.25) is 0 Å². The molecule has 0 saturated heterocycles. The maximum absolute atomic E-state index is 12.5. The van der Waals surface area contributed by atoms with Gasteiger partial charge in [-0.05, 0) is 13.8 Å². The Hall–Kier alpha value is -1.20. The van der Waals surface area contributed by atoms with Gasteiger partial charge in [-0.15, -0.1) is 0 Å². The summed E-state index contributed by atoms with van der Waals surface area (Å²) in [6.07, 6.45) is -23.4. The predicted octanol–water partition coefficient (Wildman–Crippen LogP) is 3.38. The van der Waals surface area contributed by atoms with Crippen LogP contribution in [0.4, 0.5) is 39.5 Å². The standard InChI is InChI=1S/C9H9F9O3/c1-3-20-5(19)4(2)21-6(7(10,11)12,8(13,14)15)9(16,17)18/h4H,3H2,1-2H3/t4-/m1/s1. The maximum Gasteiger partial charge on any atom is 0.435 e. The fraction of sp³-hybridized carbons (Fsp3) is 0.889. The molecule has 0 aromatic rings. The lowest BCUT2D eigenvalue weighted by molar-refractivity contribution is -0.461. The second-order valence-electron chi connectivity index (χ2n) is 3.69. The second-order valence-corrected chi connectivity index (χ2v) is 3.69. The predicted molar refractivity (Wildman–Crippen MR) is 48.1 cm³/mol. The maximum atomic E-state index is 12.5. The van der Waals surface area contributed by atoms with Gasteiger partial charge < -0.3 is 9.47 Å². The quantitative estimate of drug-likeness (QED) is 0.583. The van der Waals surface area contributed by atoms with Crippen molar-refractivity contribution in [1.29, 1.82) is 0 Å². The third-order valence-corrected chi connectivity index (χ3v) is 2.17. The Balaban J connectivity index is 5.90. The molecule has 0 bridgehead atoms. The van der Waals surface area contributed by atoms with Crippen molar-refractivity contribution in [1.82, 2.24) is 0 Å². The van der Waals surface area contributed by atoms with Crippen molar-refractivity contribution in [2.45, 2.75) is 44.1 Å². The third-order valence-electron chi connectivity index (χ3n) is 2.17. The lowest BCUT2D eigenvalue weighted by Crippen LogP contribution is -2.69. The molecule has 0 fully saturated rings. The molecule has 21 heavy (non-hydrogen) atoms. The molecule has 0 aliphatic carbocycles. The highest BCUT2D eigenvalue weighted by atomic mass is 19.4. The smallest absolute Gasteiger partial charge is 0.435 e. The van der Waals surface area contributed by atoms with Crippen molar-refractivity contribution in [2.24, 2.45) is 0 Å². The summed E-state index contributed by atoms with van der Waals surface area (Å²) in [5.74, 6) is -1.79. The lowest BCUT2D eigenvalue weighted by Gasteiger charge is -2.39. The van der Waals surface area contributed by atoms with Crippen LogP contribution in [0, 0.1) is 0 Å². The molecule has 0 radical (unpaired) electrons. The SMILES string of the molecule is CCOC(=O)[C@@H](C)OC(C(F)(F)F)(C(F)(F)F)C(F)(F)F. The molecule has 0 aliphatic rings. The molecule has 0 aromatic carbocycles. The monoisotopic (exact) mass is 336 g/mol. The summed E-state index contributed by atoms with van der Waals surface area (Å²) < 4.78 is 119. The average Bonchev–Trinajstić information content (AvgIpc) is 2.20. The van der Waals surface area contributed by atoms with Gasteiger partial charge in [0.05, 0.1) is 6.61 Å². The fourth-order valence-electron chi connectivity index (χ4n) is 1.26. The van der Waals surface area contributed by atoms with Crippen LogP contribution in [0.15, 0.2) is 0 Å². The molecule has 1 atom stereocenters. The van der Waals surface area contributed by atoms with Crippen molar-refractivity contribution in [2.75, 3.05) is 6.61 Å². The summed E-state index contributed by atoms with van der Waals surface area (Å²) in [6.45, 7) is 0.967. The van der Waals surface area contributed by atoms with E-state index in [1.807, 2.05) is 0 Å². The van der Waals surface area contributed by atoms with Crippen molar-refractivity contribution < 1.29 is 53.8 Å². The Morgan fingerprint density at radius 3 is 1.48 bits per heavy atom. The molecule has 0 spiro atoms. The van der Waals surface area contributed by atoms with Gasteiger partial charge in [-0.2, -0.15) is 39.5 Å². The lowest BCUT2D eigenvalue weighted by atomic mass is 10.0. The Labute approximate surface area is 112 Å². The van der Waals surface area contributed by atoms with E-state index in [4.69, 9.17) is 0 Å². The first-order chi connectivity index (χ1) is 9.12. The number of carbonyl (C=O) groups excluding carboxylic acids is 1. The van der Waals surface area contributed by atoms with Crippen LogP contribution in [0.25, 0.3) is 0 Å². The number of halogens is 9. The van der Waals surface area contributed by atoms with Gasteiger partial charge >= 0.3 is 30.1 Å². The third kappa shape index (κ3) is 3.71. The fourth-order valence-corrected chi connectivity index (χ4v) is 1.26. The number of carbonyl (C=O) groups is 1. The minimum absolute atomic E-state index is 0.288. The molecule has 0 N–H and O–H groups in total. The number of hydrogen-bond acceptors (Lipinski definition) is 3. The Morgan fingerprint density at radius 2 is 1.24 bits per heavy atom. The number of ether oxygens (including phenoxy) is 2. The van der Waals surface area contributed by atoms with Crippen LogP contribution >= 0.6 is 0 Å². The van der Waals surface area contributed by atoms with E-state index < -0.39 is 42.8 Å². The molecule has 126 valence electrons. The summed E-state index contributed by atoms with van der Waals surface area (Å²) >= 11 is 0. The van der Waals surface area contributed by atoms with Gasteiger partial charge in [-0.25, -0.2) is 4.79 Å². The van der Waals surface area contributed by atoms with Crippen LogP contribution in [-0.4, -0.2) is 42.8 Å². The van der Waals surface area contributed by atoms with Crippen LogP contribution in [0.2, 0.25) is 0 Å². The Kier molecular flexibility index (Phi) is 5.55. The molecule has 3 nitrogen and oxygen atoms in total. The van der Waals surface area contributed by atoms with Gasteiger partial charge in [0.15, 0.2) is 6.10 Å². The minimum Gasteiger partial charge on any atom is -0.464 e. The first kappa shape index (κ1) is 19.8. The zero-order chi connectivity index (χ0) is 17.3. The zero-order valence-electron chi connectivity index (χ0n) is 10.4. The molecular weight excluding hydrogens is 327 g/mol. The molecule has 0 aliphatic heterocycles. The van der Waals surface area contributed by atoms with E-state index in [0.717, 1.165) is 6.92 Å². The highest BCUT2D eigenvalue weighted by Gasteiger charge is 2.86.